The van der Waals surface area contributed by atoms with Crippen molar-refractivity contribution in [2.24, 2.45) is 11.8 Å². The van der Waals surface area contributed by atoms with Crippen LogP contribution in [-0.2, 0) is 14.4 Å². The summed E-state index contributed by atoms with van der Waals surface area (Å²) >= 11 is 3.33. The van der Waals surface area contributed by atoms with E-state index in [1.165, 1.54) is 0 Å². The van der Waals surface area contributed by atoms with E-state index < -0.39 is 29.6 Å². The number of amides is 2. The first-order chi connectivity index (χ1) is 12.0. The van der Waals surface area contributed by atoms with Crippen molar-refractivity contribution in [3.05, 3.63) is 58.6 Å². The van der Waals surface area contributed by atoms with Crippen LogP contribution in [0.3, 0.4) is 0 Å². The number of hydrogen-bond acceptors (Lipinski definition) is 4. The Bertz CT molecular complexity index is 893. The van der Waals surface area contributed by atoms with E-state index in [9.17, 15) is 14.4 Å². The largest absolute Gasteiger partial charge is 0.426 e. The van der Waals surface area contributed by atoms with Gasteiger partial charge in [-0.05, 0) is 30.3 Å². The predicted octanol–water partition coefficient (Wildman–Crippen LogP) is 3.28. The third kappa shape index (κ3) is 2.40. The third-order valence-electron chi connectivity index (χ3n) is 4.82. The summed E-state index contributed by atoms with van der Waals surface area (Å²) in [5.74, 6) is -3.03. The van der Waals surface area contributed by atoms with Crippen molar-refractivity contribution in [2.45, 2.75) is 12.8 Å². The standard InChI is InChI=1S/C19H14BrNO4/c1-10-15-13-4-2-3-5-14(13)25-19(24)16(15)18(23)21(17(10)22)12-8-6-11(20)7-9-12/h2-10,15-16H,1H3/t10-,15+,16+/m1/s1. The molecule has 0 saturated carbocycles. The van der Waals surface area contributed by atoms with E-state index in [1.54, 1.807) is 43.3 Å². The lowest BCUT2D eigenvalue weighted by Crippen LogP contribution is -2.57. The number of nitrogens with zero attached hydrogens (tertiary/aromatic N) is 1. The van der Waals surface area contributed by atoms with Crippen LogP contribution >= 0.6 is 15.9 Å². The number of anilines is 1. The van der Waals surface area contributed by atoms with Crippen LogP contribution in [0.5, 0.6) is 5.75 Å². The highest BCUT2D eigenvalue weighted by Gasteiger charge is 2.54. The van der Waals surface area contributed by atoms with E-state index in [2.05, 4.69) is 15.9 Å². The topological polar surface area (TPSA) is 63.7 Å². The smallest absolute Gasteiger partial charge is 0.324 e. The molecule has 0 N–H and O–H groups in total. The van der Waals surface area contributed by atoms with Crippen LogP contribution < -0.4 is 9.64 Å². The van der Waals surface area contributed by atoms with E-state index in [4.69, 9.17) is 4.74 Å². The fourth-order valence-electron chi connectivity index (χ4n) is 3.61. The maximum atomic E-state index is 13.0. The fraction of sp³-hybridized carbons (Fsp3) is 0.211. The SMILES string of the molecule is C[C@H]1C(=O)N(c2ccc(Br)cc2)C(=O)[C@H]2C(=O)Oc3ccccc3[C@@H]21. The van der Waals surface area contributed by atoms with Crippen LogP contribution in [0.1, 0.15) is 18.4 Å². The molecule has 2 aromatic rings. The van der Waals surface area contributed by atoms with Gasteiger partial charge < -0.3 is 4.74 Å². The summed E-state index contributed by atoms with van der Waals surface area (Å²) in [5.41, 5.74) is 1.19. The van der Waals surface area contributed by atoms with Crippen molar-refractivity contribution in [3.63, 3.8) is 0 Å². The molecule has 0 aliphatic carbocycles. The molecule has 2 aliphatic rings. The van der Waals surface area contributed by atoms with Crippen molar-refractivity contribution in [2.75, 3.05) is 4.90 Å². The molecule has 25 heavy (non-hydrogen) atoms. The van der Waals surface area contributed by atoms with Gasteiger partial charge in [-0.2, -0.15) is 0 Å². The zero-order valence-electron chi connectivity index (χ0n) is 13.3. The molecule has 3 atom stereocenters. The Morgan fingerprint density at radius 3 is 2.36 bits per heavy atom. The van der Waals surface area contributed by atoms with Gasteiger partial charge in [0.05, 0.1) is 5.69 Å². The number of carbonyl (C=O) groups is 3. The van der Waals surface area contributed by atoms with Gasteiger partial charge in [0.2, 0.25) is 11.8 Å². The molecule has 0 bridgehead atoms. The minimum Gasteiger partial charge on any atom is -0.426 e. The number of halogens is 1. The molecule has 2 aliphatic heterocycles. The van der Waals surface area contributed by atoms with E-state index in [-0.39, 0.29) is 5.91 Å². The summed E-state index contributed by atoms with van der Waals surface area (Å²) in [5, 5.41) is 0. The molecule has 0 radical (unpaired) electrons. The van der Waals surface area contributed by atoms with E-state index >= 15 is 0 Å². The molecular formula is C19H14BrNO4. The minimum atomic E-state index is -1.01. The first-order valence-corrected chi connectivity index (χ1v) is 8.72. The van der Waals surface area contributed by atoms with Gasteiger partial charge in [-0.3, -0.25) is 14.4 Å². The highest BCUT2D eigenvalue weighted by molar-refractivity contribution is 9.10. The van der Waals surface area contributed by atoms with Gasteiger partial charge in [-0.1, -0.05) is 41.1 Å². The summed E-state index contributed by atoms with van der Waals surface area (Å²) in [4.78, 5) is 39.5. The number of rotatable bonds is 1. The third-order valence-corrected chi connectivity index (χ3v) is 5.35. The molecular weight excluding hydrogens is 386 g/mol. The van der Waals surface area contributed by atoms with Crippen LogP contribution in [0.25, 0.3) is 0 Å². The van der Waals surface area contributed by atoms with Gasteiger partial charge >= 0.3 is 5.97 Å². The number of ether oxygens (including phenoxy) is 1. The number of carbonyl (C=O) groups excluding carboxylic acids is 3. The number of hydrogen-bond donors (Lipinski definition) is 0. The van der Waals surface area contributed by atoms with Gasteiger partial charge in [0.15, 0.2) is 0 Å². The molecule has 4 rings (SSSR count). The van der Waals surface area contributed by atoms with Gasteiger partial charge in [0.25, 0.3) is 0 Å². The molecule has 2 heterocycles. The van der Waals surface area contributed by atoms with E-state index in [1.807, 2.05) is 12.1 Å². The molecule has 0 aromatic heterocycles. The van der Waals surface area contributed by atoms with Gasteiger partial charge in [-0.25, -0.2) is 4.90 Å². The number of piperidine rings is 1. The molecule has 0 unspecified atom stereocenters. The normalized spacial score (nSPS) is 25.3. The van der Waals surface area contributed by atoms with E-state index in [0.29, 0.717) is 11.4 Å². The highest BCUT2D eigenvalue weighted by atomic mass is 79.9. The summed E-state index contributed by atoms with van der Waals surface area (Å²) in [7, 11) is 0. The number of para-hydroxylation sites is 1. The zero-order valence-corrected chi connectivity index (χ0v) is 14.9. The Hall–Kier alpha value is -2.47. The maximum absolute atomic E-state index is 13.0. The highest BCUT2D eigenvalue weighted by Crippen LogP contribution is 2.46. The summed E-state index contributed by atoms with van der Waals surface area (Å²) < 4.78 is 6.19. The Morgan fingerprint density at radius 1 is 0.960 bits per heavy atom. The monoisotopic (exact) mass is 399 g/mol. The molecule has 126 valence electrons. The molecule has 1 fully saturated rings. The first-order valence-electron chi connectivity index (χ1n) is 7.93. The van der Waals surface area contributed by atoms with Crippen LogP contribution in [0, 0.1) is 11.8 Å². The predicted molar refractivity (Wildman–Crippen MR) is 94.1 cm³/mol. The van der Waals surface area contributed by atoms with Crippen molar-refractivity contribution in [1.29, 1.82) is 0 Å². The lowest BCUT2D eigenvalue weighted by molar-refractivity contribution is -0.151. The lowest BCUT2D eigenvalue weighted by Gasteiger charge is -2.41. The summed E-state index contributed by atoms with van der Waals surface area (Å²) in [6.07, 6.45) is 0. The van der Waals surface area contributed by atoms with Crippen molar-refractivity contribution >= 4 is 39.4 Å². The molecule has 2 amide bonds. The number of benzene rings is 2. The average molecular weight is 400 g/mol. The average Bonchev–Trinajstić information content (AvgIpc) is 2.60. The van der Waals surface area contributed by atoms with Crippen LogP contribution in [0.15, 0.2) is 53.0 Å². The second kappa shape index (κ2) is 5.81. The molecule has 1 saturated heterocycles. The van der Waals surface area contributed by atoms with Crippen molar-refractivity contribution < 1.29 is 19.1 Å². The summed E-state index contributed by atoms with van der Waals surface area (Å²) in [6, 6.07) is 13.9. The number of imide groups is 1. The Kier molecular flexibility index (Phi) is 3.72. The van der Waals surface area contributed by atoms with Gasteiger partial charge in [0.1, 0.15) is 11.7 Å². The second-order valence-corrected chi connectivity index (χ2v) is 7.16. The van der Waals surface area contributed by atoms with Crippen LogP contribution in [0.2, 0.25) is 0 Å². The number of esters is 1. The minimum absolute atomic E-state index is 0.307. The van der Waals surface area contributed by atoms with Gasteiger partial charge in [0, 0.05) is 21.9 Å². The van der Waals surface area contributed by atoms with Crippen LogP contribution in [0.4, 0.5) is 5.69 Å². The maximum Gasteiger partial charge on any atom is 0.324 e. The van der Waals surface area contributed by atoms with Crippen LogP contribution in [-0.4, -0.2) is 17.8 Å². The number of fused-ring (bicyclic) bond motifs is 3. The Labute approximate surface area is 152 Å². The van der Waals surface area contributed by atoms with E-state index in [0.717, 1.165) is 14.9 Å². The Balaban J connectivity index is 1.81. The first kappa shape index (κ1) is 16.0. The molecule has 5 nitrogen and oxygen atoms in total. The second-order valence-electron chi connectivity index (χ2n) is 6.24. The molecule has 6 heteroatoms. The zero-order chi connectivity index (χ0) is 17.7. The summed E-state index contributed by atoms with van der Waals surface area (Å²) in [6.45, 7) is 1.76. The van der Waals surface area contributed by atoms with Crippen molar-refractivity contribution in [1.82, 2.24) is 0 Å². The fourth-order valence-corrected chi connectivity index (χ4v) is 3.87. The lowest BCUT2D eigenvalue weighted by atomic mass is 9.72. The molecule has 2 aromatic carbocycles. The van der Waals surface area contributed by atoms with Gasteiger partial charge in [-0.15, -0.1) is 0 Å². The molecule has 0 spiro atoms. The Morgan fingerprint density at radius 2 is 1.64 bits per heavy atom. The van der Waals surface area contributed by atoms with Crippen molar-refractivity contribution in [3.8, 4) is 5.75 Å². The quantitative estimate of drug-likeness (QED) is 0.319.